The minimum Gasteiger partial charge on any atom is -0.374 e. The van der Waals surface area contributed by atoms with E-state index in [0.717, 1.165) is 25.9 Å². The van der Waals surface area contributed by atoms with E-state index in [-0.39, 0.29) is 5.92 Å². The van der Waals surface area contributed by atoms with Gasteiger partial charge in [-0.05, 0) is 25.9 Å². The predicted octanol–water partition coefficient (Wildman–Crippen LogP) is -0.0333. The lowest BCUT2D eigenvalue weighted by molar-refractivity contribution is -0.0726. The first-order valence-electron chi connectivity index (χ1n) is 4.10. The highest BCUT2D eigenvalue weighted by molar-refractivity contribution is 5.11. The third kappa shape index (κ3) is 0.943. The van der Waals surface area contributed by atoms with Crippen LogP contribution in [-0.4, -0.2) is 35.2 Å². The highest BCUT2D eigenvalue weighted by Crippen LogP contribution is 2.34. The van der Waals surface area contributed by atoms with Gasteiger partial charge in [-0.3, -0.25) is 4.90 Å². The van der Waals surface area contributed by atoms with E-state index in [1.54, 1.807) is 0 Å². The lowest BCUT2D eigenvalue weighted by Crippen LogP contribution is -2.58. The van der Waals surface area contributed by atoms with Crippen LogP contribution in [0.3, 0.4) is 0 Å². The molecule has 2 bridgehead atoms. The van der Waals surface area contributed by atoms with Gasteiger partial charge in [-0.1, -0.05) is 0 Å². The van der Waals surface area contributed by atoms with Crippen molar-refractivity contribution < 1.29 is 5.11 Å². The summed E-state index contributed by atoms with van der Waals surface area (Å²) in [7, 11) is 0. The molecule has 3 nitrogen and oxygen atoms in total. The third-order valence-electron chi connectivity index (χ3n) is 2.92. The summed E-state index contributed by atoms with van der Waals surface area (Å²) < 4.78 is 0. The van der Waals surface area contributed by atoms with Crippen molar-refractivity contribution in [3.8, 4) is 6.07 Å². The molecule has 3 heterocycles. The first-order chi connectivity index (χ1) is 5.24. The Balaban J connectivity index is 2.21. The normalized spacial score (nSPS) is 48.7. The molecule has 0 spiro atoms. The minimum absolute atomic E-state index is 0.234. The standard InChI is InChI=1S/C8H12N2O/c9-5-8(11)6-10-3-1-7(8)2-4-10/h7,11H,1-4,6H2/t8-/m1/s1. The summed E-state index contributed by atoms with van der Waals surface area (Å²) in [6.45, 7) is 2.69. The summed E-state index contributed by atoms with van der Waals surface area (Å²) in [5.74, 6) is 0.234. The monoisotopic (exact) mass is 152 g/mol. The first kappa shape index (κ1) is 7.08. The highest BCUT2D eigenvalue weighted by Gasteiger charge is 2.45. The quantitative estimate of drug-likeness (QED) is 0.496. The Labute approximate surface area is 66.2 Å². The van der Waals surface area contributed by atoms with Gasteiger partial charge < -0.3 is 5.11 Å². The largest absolute Gasteiger partial charge is 0.374 e. The molecule has 0 aromatic rings. The Bertz CT molecular complexity index is 203. The number of fused-ring (bicyclic) bond motifs is 3. The molecule has 0 aromatic heterocycles. The van der Waals surface area contributed by atoms with E-state index in [1.807, 2.05) is 6.07 Å². The lowest BCUT2D eigenvalue weighted by atomic mass is 9.76. The zero-order valence-corrected chi connectivity index (χ0v) is 6.45. The maximum absolute atomic E-state index is 9.77. The zero-order chi connectivity index (χ0) is 7.90. The number of rotatable bonds is 0. The Morgan fingerprint density at radius 1 is 1.45 bits per heavy atom. The molecule has 0 amide bonds. The fraction of sp³-hybridized carbons (Fsp3) is 0.875. The summed E-state index contributed by atoms with van der Waals surface area (Å²) in [6, 6.07) is 2.03. The van der Waals surface area contributed by atoms with Crippen LogP contribution in [0, 0.1) is 17.2 Å². The Kier molecular flexibility index (Phi) is 1.41. The number of hydrogen-bond acceptors (Lipinski definition) is 3. The van der Waals surface area contributed by atoms with Crippen LogP contribution in [0.25, 0.3) is 0 Å². The van der Waals surface area contributed by atoms with Crippen molar-refractivity contribution in [3.05, 3.63) is 0 Å². The Morgan fingerprint density at radius 3 is 2.36 bits per heavy atom. The second-order valence-corrected chi connectivity index (χ2v) is 3.59. The van der Waals surface area contributed by atoms with E-state index >= 15 is 0 Å². The van der Waals surface area contributed by atoms with Crippen molar-refractivity contribution in [3.63, 3.8) is 0 Å². The van der Waals surface area contributed by atoms with Gasteiger partial charge in [-0.25, -0.2) is 0 Å². The fourth-order valence-electron chi connectivity index (χ4n) is 2.17. The van der Waals surface area contributed by atoms with Crippen LogP contribution in [-0.2, 0) is 0 Å². The SMILES string of the molecule is N#C[C@@]1(O)CN2CCC1CC2. The molecule has 0 aromatic carbocycles. The predicted molar refractivity (Wildman–Crippen MR) is 39.7 cm³/mol. The van der Waals surface area contributed by atoms with Crippen molar-refractivity contribution in [2.24, 2.45) is 5.92 Å². The molecule has 3 saturated heterocycles. The van der Waals surface area contributed by atoms with Crippen molar-refractivity contribution in [1.29, 1.82) is 5.26 Å². The van der Waals surface area contributed by atoms with Crippen molar-refractivity contribution in [1.82, 2.24) is 4.90 Å². The van der Waals surface area contributed by atoms with Gasteiger partial charge >= 0.3 is 0 Å². The summed E-state index contributed by atoms with van der Waals surface area (Å²) in [5, 5.41) is 18.5. The average molecular weight is 152 g/mol. The molecule has 3 fully saturated rings. The Morgan fingerprint density at radius 2 is 2.09 bits per heavy atom. The molecule has 1 N–H and O–H groups in total. The zero-order valence-electron chi connectivity index (χ0n) is 6.45. The molecule has 60 valence electrons. The smallest absolute Gasteiger partial charge is 0.166 e. The van der Waals surface area contributed by atoms with Crippen molar-refractivity contribution in [2.45, 2.75) is 18.4 Å². The van der Waals surface area contributed by atoms with E-state index in [0.29, 0.717) is 6.54 Å². The van der Waals surface area contributed by atoms with Crippen LogP contribution in [0.5, 0.6) is 0 Å². The Hall–Kier alpha value is -0.590. The molecule has 3 aliphatic rings. The lowest BCUT2D eigenvalue weighted by Gasteiger charge is -2.46. The molecule has 0 saturated carbocycles. The third-order valence-corrected chi connectivity index (χ3v) is 2.92. The molecule has 3 rings (SSSR count). The van der Waals surface area contributed by atoms with E-state index in [9.17, 15) is 5.11 Å². The van der Waals surface area contributed by atoms with Gasteiger partial charge in [0.25, 0.3) is 0 Å². The second kappa shape index (κ2) is 2.20. The first-order valence-corrected chi connectivity index (χ1v) is 4.10. The summed E-state index contributed by atoms with van der Waals surface area (Å²) in [6.07, 6.45) is 1.98. The number of aliphatic hydroxyl groups is 1. The van der Waals surface area contributed by atoms with E-state index in [2.05, 4.69) is 4.90 Å². The fourth-order valence-corrected chi connectivity index (χ4v) is 2.17. The maximum Gasteiger partial charge on any atom is 0.166 e. The van der Waals surface area contributed by atoms with Crippen LogP contribution in [0.4, 0.5) is 0 Å². The summed E-state index contributed by atoms with van der Waals surface area (Å²) >= 11 is 0. The van der Waals surface area contributed by atoms with Crippen LogP contribution in [0.15, 0.2) is 0 Å². The maximum atomic E-state index is 9.77. The van der Waals surface area contributed by atoms with E-state index in [4.69, 9.17) is 5.26 Å². The van der Waals surface area contributed by atoms with Crippen LogP contribution in [0.2, 0.25) is 0 Å². The average Bonchev–Trinajstić information content (AvgIpc) is 2.06. The number of nitrogens with zero attached hydrogens (tertiary/aromatic N) is 2. The number of hydrogen-bond donors (Lipinski definition) is 1. The molecular weight excluding hydrogens is 140 g/mol. The minimum atomic E-state index is -1.03. The summed E-state index contributed by atoms with van der Waals surface area (Å²) in [5.41, 5.74) is -1.03. The van der Waals surface area contributed by atoms with E-state index < -0.39 is 5.60 Å². The molecule has 1 atom stereocenters. The number of piperidine rings is 3. The van der Waals surface area contributed by atoms with Gasteiger partial charge in [0.15, 0.2) is 5.60 Å². The molecule has 3 heteroatoms. The van der Waals surface area contributed by atoms with Crippen LogP contribution in [0.1, 0.15) is 12.8 Å². The molecule has 0 unspecified atom stereocenters. The molecular formula is C8H12N2O. The summed E-state index contributed by atoms with van der Waals surface area (Å²) in [4.78, 5) is 2.17. The van der Waals surface area contributed by atoms with Gasteiger partial charge in [0.05, 0.1) is 6.07 Å². The van der Waals surface area contributed by atoms with Gasteiger partial charge in [0.1, 0.15) is 0 Å². The van der Waals surface area contributed by atoms with Crippen molar-refractivity contribution >= 4 is 0 Å². The molecule has 0 aliphatic carbocycles. The van der Waals surface area contributed by atoms with Gasteiger partial charge in [0.2, 0.25) is 0 Å². The molecule has 0 radical (unpaired) electrons. The second-order valence-electron chi connectivity index (χ2n) is 3.59. The highest BCUT2D eigenvalue weighted by atomic mass is 16.3. The molecule has 3 aliphatic heterocycles. The van der Waals surface area contributed by atoms with Crippen LogP contribution >= 0.6 is 0 Å². The van der Waals surface area contributed by atoms with Crippen molar-refractivity contribution in [2.75, 3.05) is 19.6 Å². The van der Waals surface area contributed by atoms with Crippen LogP contribution < -0.4 is 0 Å². The van der Waals surface area contributed by atoms with Gasteiger partial charge in [-0.15, -0.1) is 0 Å². The van der Waals surface area contributed by atoms with E-state index in [1.165, 1.54) is 0 Å². The van der Waals surface area contributed by atoms with Gasteiger partial charge in [-0.2, -0.15) is 5.26 Å². The molecule has 11 heavy (non-hydrogen) atoms. The number of nitriles is 1. The van der Waals surface area contributed by atoms with Gasteiger partial charge in [0, 0.05) is 12.5 Å². The topological polar surface area (TPSA) is 47.3 Å².